The summed E-state index contributed by atoms with van der Waals surface area (Å²) in [4.78, 5) is 34.5. The van der Waals surface area contributed by atoms with E-state index >= 15 is 0 Å². The highest BCUT2D eigenvalue weighted by molar-refractivity contribution is 5.92. The molecule has 0 saturated carbocycles. The lowest BCUT2D eigenvalue weighted by Gasteiger charge is -2.56. The first-order valence-corrected chi connectivity index (χ1v) is 10.7. The zero-order chi connectivity index (χ0) is 20.0. The molecule has 2 aromatic rings. The minimum Gasteiger partial charge on any atom is -0.340 e. The van der Waals surface area contributed by atoms with Gasteiger partial charge in [-0.05, 0) is 43.1 Å². The number of hydrogen-bond acceptors (Lipinski definition) is 3. The van der Waals surface area contributed by atoms with Crippen molar-refractivity contribution in [1.29, 1.82) is 0 Å². The monoisotopic (exact) mass is 392 g/mol. The van der Waals surface area contributed by atoms with E-state index in [9.17, 15) is 9.59 Å². The lowest BCUT2D eigenvalue weighted by Crippen LogP contribution is -2.66. The molecule has 0 aliphatic carbocycles. The zero-order valence-corrected chi connectivity index (χ0v) is 16.9. The highest BCUT2D eigenvalue weighted by Crippen LogP contribution is 2.42. The summed E-state index contributed by atoms with van der Waals surface area (Å²) < 4.78 is 1.82. The molecule has 0 unspecified atom stereocenters. The Morgan fingerprint density at radius 2 is 1.97 bits per heavy atom. The third-order valence-corrected chi connectivity index (χ3v) is 7.00. The smallest absolute Gasteiger partial charge is 0.274 e. The number of benzene rings is 1. The van der Waals surface area contributed by atoms with Crippen LogP contribution < -0.4 is 0 Å². The molecule has 5 rings (SSSR count). The molecule has 6 nitrogen and oxygen atoms in total. The normalized spacial score (nSPS) is 28.9. The molecule has 152 valence electrons. The lowest BCUT2D eigenvalue weighted by atomic mass is 9.70. The van der Waals surface area contributed by atoms with Crippen LogP contribution in [0.4, 0.5) is 0 Å². The molecule has 4 atom stereocenters. The summed E-state index contributed by atoms with van der Waals surface area (Å²) in [5.41, 5.74) is 1.78. The molecule has 3 aliphatic rings. The second-order valence-corrected chi connectivity index (χ2v) is 8.91. The second-order valence-electron chi connectivity index (χ2n) is 8.91. The van der Waals surface area contributed by atoms with Gasteiger partial charge in [-0.2, -0.15) is 0 Å². The van der Waals surface area contributed by atoms with Crippen LogP contribution in [0.25, 0.3) is 0 Å². The van der Waals surface area contributed by atoms with Crippen LogP contribution >= 0.6 is 0 Å². The minimum absolute atomic E-state index is 0.0225. The number of likely N-dealkylation sites (tertiary alicyclic amines) is 1. The largest absolute Gasteiger partial charge is 0.340 e. The third kappa shape index (κ3) is 3.34. The fourth-order valence-electron chi connectivity index (χ4n) is 5.74. The summed E-state index contributed by atoms with van der Waals surface area (Å²) >= 11 is 0. The fourth-order valence-corrected chi connectivity index (χ4v) is 5.74. The van der Waals surface area contributed by atoms with Crippen LogP contribution in [0, 0.1) is 11.8 Å². The predicted octanol–water partition coefficient (Wildman–Crippen LogP) is 2.50. The van der Waals surface area contributed by atoms with Crippen molar-refractivity contribution in [3.8, 4) is 0 Å². The molecular weight excluding hydrogens is 364 g/mol. The average molecular weight is 393 g/mol. The first-order chi connectivity index (χ1) is 14.1. The van der Waals surface area contributed by atoms with Gasteiger partial charge in [-0.3, -0.25) is 9.59 Å². The van der Waals surface area contributed by atoms with Gasteiger partial charge in [0.25, 0.3) is 5.91 Å². The van der Waals surface area contributed by atoms with E-state index < -0.39 is 0 Å². The van der Waals surface area contributed by atoms with Gasteiger partial charge < -0.3 is 14.4 Å². The fraction of sp³-hybridized carbons (Fsp3) is 0.522. The number of carbonyl (C=O) groups is 2. The van der Waals surface area contributed by atoms with Gasteiger partial charge in [0.05, 0.1) is 6.33 Å². The highest BCUT2D eigenvalue weighted by Gasteiger charge is 2.50. The molecule has 0 N–H and O–H groups in total. The van der Waals surface area contributed by atoms with Crippen molar-refractivity contribution in [3.63, 3.8) is 0 Å². The van der Waals surface area contributed by atoms with Gasteiger partial charge in [0.15, 0.2) is 0 Å². The van der Waals surface area contributed by atoms with Crippen molar-refractivity contribution in [1.82, 2.24) is 19.4 Å². The van der Waals surface area contributed by atoms with E-state index in [1.807, 2.05) is 22.6 Å². The van der Waals surface area contributed by atoms with Crippen LogP contribution in [0.5, 0.6) is 0 Å². The SMILES string of the molecule is Cn1cnc(C(=O)N2C[C@H]3C[C@@H](C2)[C@H](Cc2ccccc2)N2C(=O)CCC[C@@H]32)c1. The van der Waals surface area contributed by atoms with Crippen LogP contribution in [0.1, 0.15) is 41.7 Å². The molecule has 4 heterocycles. The number of rotatable bonds is 3. The summed E-state index contributed by atoms with van der Waals surface area (Å²) in [5.74, 6) is 1.02. The number of piperidine rings is 3. The van der Waals surface area contributed by atoms with Crippen molar-refractivity contribution in [2.45, 2.75) is 44.2 Å². The molecule has 1 aromatic heterocycles. The van der Waals surface area contributed by atoms with Gasteiger partial charge in [0.1, 0.15) is 5.69 Å². The van der Waals surface area contributed by atoms with Gasteiger partial charge in [-0.1, -0.05) is 30.3 Å². The predicted molar refractivity (Wildman–Crippen MR) is 109 cm³/mol. The van der Waals surface area contributed by atoms with Crippen molar-refractivity contribution in [2.24, 2.45) is 18.9 Å². The van der Waals surface area contributed by atoms with Crippen LogP contribution in [-0.4, -0.2) is 56.3 Å². The summed E-state index contributed by atoms with van der Waals surface area (Å²) in [5, 5.41) is 0. The van der Waals surface area contributed by atoms with Crippen LogP contribution in [0.15, 0.2) is 42.9 Å². The van der Waals surface area contributed by atoms with E-state index in [1.165, 1.54) is 5.56 Å². The molecule has 29 heavy (non-hydrogen) atoms. The number of imidazole rings is 1. The number of fused-ring (bicyclic) bond motifs is 4. The van der Waals surface area contributed by atoms with E-state index in [0.29, 0.717) is 36.4 Å². The van der Waals surface area contributed by atoms with Crippen LogP contribution in [0.2, 0.25) is 0 Å². The summed E-state index contributed by atoms with van der Waals surface area (Å²) in [7, 11) is 1.89. The minimum atomic E-state index is 0.0225. The summed E-state index contributed by atoms with van der Waals surface area (Å²) in [6.07, 6.45) is 8.14. The number of hydrogen-bond donors (Lipinski definition) is 0. The Morgan fingerprint density at radius 3 is 2.72 bits per heavy atom. The van der Waals surface area contributed by atoms with Gasteiger partial charge in [0.2, 0.25) is 5.91 Å². The standard InChI is InChI=1S/C23H28N4O2/c1-25-14-19(24-15-25)23(29)26-12-17-11-18(13-26)21(10-16-6-3-2-4-7-16)27-20(17)8-5-9-22(27)28/h2-4,6-7,14-15,17-18,20-21H,5,8-13H2,1H3/t17-,18+,20+,21+/m1/s1. The lowest BCUT2D eigenvalue weighted by molar-refractivity contribution is -0.151. The summed E-state index contributed by atoms with van der Waals surface area (Å²) in [6.45, 7) is 1.44. The molecular formula is C23H28N4O2. The molecule has 6 heteroatoms. The number of aromatic nitrogens is 2. The Balaban J connectivity index is 1.44. The molecule has 2 bridgehead atoms. The van der Waals surface area contributed by atoms with Gasteiger partial charge in [-0.25, -0.2) is 4.98 Å². The molecule has 1 aromatic carbocycles. The number of nitrogens with zero attached hydrogens (tertiary/aromatic N) is 4. The van der Waals surface area contributed by atoms with Gasteiger partial charge >= 0.3 is 0 Å². The van der Waals surface area contributed by atoms with E-state index in [2.05, 4.69) is 34.1 Å². The Hall–Kier alpha value is -2.63. The van der Waals surface area contributed by atoms with Gasteiger partial charge in [0, 0.05) is 44.8 Å². The maximum Gasteiger partial charge on any atom is 0.274 e. The highest BCUT2D eigenvalue weighted by atomic mass is 16.2. The van der Waals surface area contributed by atoms with Crippen molar-refractivity contribution in [2.75, 3.05) is 13.1 Å². The van der Waals surface area contributed by atoms with E-state index in [1.54, 1.807) is 12.5 Å². The quantitative estimate of drug-likeness (QED) is 0.806. The average Bonchev–Trinajstić information content (AvgIpc) is 3.17. The van der Waals surface area contributed by atoms with Crippen molar-refractivity contribution >= 4 is 11.8 Å². The molecule has 0 radical (unpaired) electrons. The first kappa shape index (κ1) is 18.4. The molecule has 2 amide bonds. The zero-order valence-electron chi connectivity index (χ0n) is 16.9. The molecule has 3 aliphatic heterocycles. The molecule has 3 fully saturated rings. The Bertz CT molecular complexity index is 909. The van der Waals surface area contributed by atoms with E-state index in [4.69, 9.17) is 0 Å². The Kier molecular flexibility index (Phi) is 4.64. The van der Waals surface area contributed by atoms with E-state index in [0.717, 1.165) is 32.2 Å². The van der Waals surface area contributed by atoms with Crippen LogP contribution in [-0.2, 0) is 18.3 Å². The topological polar surface area (TPSA) is 58.4 Å². The van der Waals surface area contributed by atoms with Gasteiger partial charge in [-0.15, -0.1) is 0 Å². The third-order valence-electron chi connectivity index (χ3n) is 7.00. The maximum absolute atomic E-state index is 13.1. The molecule has 0 spiro atoms. The number of carbonyl (C=O) groups excluding carboxylic acids is 2. The van der Waals surface area contributed by atoms with E-state index in [-0.39, 0.29) is 18.0 Å². The Labute approximate surface area is 171 Å². The first-order valence-electron chi connectivity index (χ1n) is 10.7. The maximum atomic E-state index is 13.1. The summed E-state index contributed by atoms with van der Waals surface area (Å²) in [6, 6.07) is 10.9. The second kappa shape index (κ2) is 7.32. The molecule has 3 saturated heterocycles. The van der Waals surface area contributed by atoms with Crippen molar-refractivity contribution in [3.05, 3.63) is 54.1 Å². The number of aryl methyl sites for hydroxylation is 1. The Morgan fingerprint density at radius 1 is 1.17 bits per heavy atom. The van der Waals surface area contributed by atoms with Crippen molar-refractivity contribution < 1.29 is 9.59 Å². The number of amides is 2. The van der Waals surface area contributed by atoms with Crippen LogP contribution in [0.3, 0.4) is 0 Å².